The van der Waals surface area contributed by atoms with Crippen molar-refractivity contribution in [3.05, 3.63) is 53.1 Å². The summed E-state index contributed by atoms with van der Waals surface area (Å²) in [6.07, 6.45) is 1.59. The summed E-state index contributed by atoms with van der Waals surface area (Å²) in [5.74, 6) is 1.48. The number of carbonyl (C=O) groups is 1. The molecule has 4 rings (SSSR count). The topological polar surface area (TPSA) is 92.2 Å². The second-order valence-electron chi connectivity index (χ2n) is 7.91. The predicted molar refractivity (Wildman–Crippen MR) is 123 cm³/mol. The summed E-state index contributed by atoms with van der Waals surface area (Å²) in [6, 6.07) is 13.5. The Bertz CT molecular complexity index is 1180. The first-order valence-electron chi connectivity index (χ1n) is 10.5. The molecular formula is C24H23BrN4O3. The summed E-state index contributed by atoms with van der Waals surface area (Å²) in [4.78, 5) is 18.5. The van der Waals surface area contributed by atoms with E-state index < -0.39 is 0 Å². The summed E-state index contributed by atoms with van der Waals surface area (Å²) in [7, 11) is 0. The van der Waals surface area contributed by atoms with Crippen molar-refractivity contribution in [2.45, 2.75) is 32.8 Å². The van der Waals surface area contributed by atoms with Crippen LogP contribution < -0.4 is 4.74 Å². The van der Waals surface area contributed by atoms with Gasteiger partial charge in [-0.3, -0.25) is 4.79 Å². The van der Waals surface area contributed by atoms with Crippen LogP contribution in [0.5, 0.6) is 5.75 Å². The summed E-state index contributed by atoms with van der Waals surface area (Å²) < 4.78 is 11.2. The quantitative estimate of drug-likeness (QED) is 0.488. The Morgan fingerprint density at radius 2 is 1.94 bits per heavy atom. The van der Waals surface area contributed by atoms with Gasteiger partial charge in [-0.25, -0.2) is 0 Å². The number of hydrogen-bond donors (Lipinski definition) is 0. The van der Waals surface area contributed by atoms with Crippen LogP contribution >= 0.6 is 15.9 Å². The van der Waals surface area contributed by atoms with Crippen molar-refractivity contribution >= 4 is 21.8 Å². The van der Waals surface area contributed by atoms with E-state index in [-0.39, 0.29) is 12.0 Å². The minimum absolute atomic E-state index is 0.0270. The van der Waals surface area contributed by atoms with E-state index in [2.05, 4.69) is 44.3 Å². The summed E-state index contributed by atoms with van der Waals surface area (Å²) in [5, 5.41) is 14.0. The number of carbonyl (C=O) groups excluding carboxylic acids is 1. The number of ether oxygens (including phenoxy) is 1. The van der Waals surface area contributed by atoms with E-state index >= 15 is 0 Å². The Morgan fingerprint density at radius 1 is 1.19 bits per heavy atom. The van der Waals surface area contributed by atoms with Crippen LogP contribution in [0, 0.1) is 11.3 Å². The minimum Gasteiger partial charge on any atom is -0.490 e. The Morgan fingerprint density at radius 3 is 2.66 bits per heavy atom. The van der Waals surface area contributed by atoms with Crippen molar-refractivity contribution in [1.82, 2.24) is 15.0 Å². The zero-order chi connectivity index (χ0) is 22.7. The van der Waals surface area contributed by atoms with Crippen LogP contribution in [0.4, 0.5) is 0 Å². The first-order chi connectivity index (χ1) is 15.5. The van der Waals surface area contributed by atoms with Gasteiger partial charge in [-0.05, 0) is 62.1 Å². The van der Waals surface area contributed by atoms with E-state index in [1.54, 1.807) is 12.1 Å². The van der Waals surface area contributed by atoms with Crippen LogP contribution in [0.2, 0.25) is 0 Å². The number of halogens is 1. The molecule has 0 saturated heterocycles. The van der Waals surface area contributed by atoms with Crippen LogP contribution in [0.25, 0.3) is 22.8 Å². The fraction of sp³-hybridized carbons (Fsp3) is 0.333. The number of amides is 1. The maximum atomic E-state index is 12.0. The molecule has 1 amide bonds. The number of nitriles is 1. The van der Waals surface area contributed by atoms with Crippen LogP contribution in [-0.2, 0) is 17.6 Å². The van der Waals surface area contributed by atoms with Gasteiger partial charge in [-0.2, -0.15) is 10.2 Å². The number of benzene rings is 2. The fourth-order valence-electron chi connectivity index (χ4n) is 3.76. The van der Waals surface area contributed by atoms with E-state index in [4.69, 9.17) is 9.26 Å². The van der Waals surface area contributed by atoms with Crippen LogP contribution in [0.15, 0.2) is 40.9 Å². The van der Waals surface area contributed by atoms with E-state index in [1.807, 2.05) is 30.9 Å². The average Bonchev–Trinajstić information content (AvgIpc) is 3.19. The van der Waals surface area contributed by atoms with Gasteiger partial charge in [0.05, 0.1) is 17.0 Å². The second kappa shape index (κ2) is 9.53. The third kappa shape index (κ3) is 4.68. The summed E-state index contributed by atoms with van der Waals surface area (Å²) in [6.45, 7) is 5.25. The Kier molecular flexibility index (Phi) is 6.56. The van der Waals surface area contributed by atoms with Gasteiger partial charge in [0, 0.05) is 24.2 Å². The molecule has 0 saturated carbocycles. The third-order valence-corrected chi connectivity index (χ3v) is 5.85. The first kappa shape index (κ1) is 22.0. The SMILES string of the molecule is CC(C)Oc1ccc(-c2nc(-c3ccc4c(c3)CCN(C(=O)CBr)CC4)no2)cc1C#N. The number of rotatable bonds is 5. The van der Waals surface area contributed by atoms with Crippen LogP contribution in [0.1, 0.15) is 30.5 Å². The van der Waals surface area contributed by atoms with Crippen molar-refractivity contribution in [3.8, 4) is 34.7 Å². The predicted octanol–water partition coefficient (Wildman–Crippen LogP) is 4.38. The number of alkyl halides is 1. The standard InChI is InChI=1S/C24H23BrN4O3/c1-15(2)31-21-6-5-19(12-20(21)14-26)24-27-23(28-32-24)18-4-3-16-7-9-29(22(30)13-25)10-8-17(16)11-18/h3-6,11-12,15H,7-10,13H2,1-2H3. The number of aromatic nitrogens is 2. The van der Waals surface area contributed by atoms with E-state index in [0.29, 0.717) is 40.5 Å². The van der Waals surface area contributed by atoms with E-state index in [9.17, 15) is 10.1 Å². The van der Waals surface area contributed by atoms with Crippen molar-refractivity contribution in [3.63, 3.8) is 0 Å². The molecule has 164 valence electrons. The molecule has 0 atom stereocenters. The monoisotopic (exact) mass is 494 g/mol. The first-order valence-corrected chi connectivity index (χ1v) is 11.6. The fourth-order valence-corrected chi connectivity index (χ4v) is 4.12. The molecule has 3 aromatic rings. The molecule has 8 heteroatoms. The number of fused-ring (bicyclic) bond motifs is 1. The largest absolute Gasteiger partial charge is 0.490 e. The van der Waals surface area contributed by atoms with Crippen LogP contribution in [-0.4, -0.2) is 45.5 Å². The van der Waals surface area contributed by atoms with Crippen molar-refractivity contribution in [2.75, 3.05) is 18.4 Å². The number of hydrogen-bond acceptors (Lipinski definition) is 6. The number of nitrogens with zero attached hydrogens (tertiary/aromatic N) is 4. The molecule has 1 aromatic heterocycles. The van der Waals surface area contributed by atoms with Crippen molar-refractivity contribution < 1.29 is 14.1 Å². The molecule has 0 aliphatic carbocycles. The van der Waals surface area contributed by atoms with Gasteiger partial charge in [0.2, 0.25) is 11.7 Å². The third-order valence-electron chi connectivity index (χ3n) is 5.37. The summed E-state index contributed by atoms with van der Waals surface area (Å²) >= 11 is 3.25. The highest BCUT2D eigenvalue weighted by Gasteiger charge is 2.19. The lowest BCUT2D eigenvalue weighted by Crippen LogP contribution is -2.33. The average molecular weight is 495 g/mol. The van der Waals surface area contributed by atoms with Gasteiger partial charge >= 0.3 is 0 Å². The van der Waals surface area contributed by atoms with E-state index in [1.165, 1.54) is 11.1 Å². The molecule has 0 radical (unpaired) electrons. The lowest BCUT2D eigenvalue weighted by molar-refractivity contribution is -0.128. The highest BCUT2D eigenvalue weighted by atomic mass is 79.9. The normalized spacial score (nSPS) is 13.4. The lowest BCUT2D eigenvalue weighted by atomic mass is 10.00. The molecule has 0 fully saturated rings. The maximum absolute atomic E-state index is 12.0. The molecule has 0 N–H and O–H groups in total. The van der Waals surface area contributed by atoms with Crippen LogP contribution in [0.3, 0.4) is 0 Å². The Labute approximate surface area is 195 Å². The zero-order valence-corrected chi connectivity index (χ0v) is 19.6. The van der Waals surface area contributed by atoms with Gasteiger partial charge < -0.3 is 14.2 Å². The van der Waals surface area contributed by atoms with Crippen molar-refractivity contribution in [1.29, 1.82) is 5.26 Å². The molecule has 1 aliphatic heterocycles. The molecule has 0 unspecified atom stereocenters. The highest BCUT2D eigenvalue weighted by molar-refractivity contribution is 9.09. The minimum atomic E-state index is -0.0270. The molecule has 2 heterocycles. The van der Waals surface area contributed by atoms with Gasteiger partial charge in [-0.15, -0.1) is 0 Å². The van der Waals surface area contributed by atoms with E-state index in [0.717, 1.165) is 24.9 Å². The Hall–Kier alpha value is -3.18. The molecule has 2 aromatic carbocycles. The van der Waals surface area contributed by atoms with Gasteiger partial charge in [0.15, 0.2) is 0 Å². The molecule has 7 nitrogen and oxygen atoms in total. The molecule has 0 spiro atoms. The molecule has 1 aliphatic rings. The zero-order valence-electron chi connectivity index (χ0n) is 18.0. The van der Waals surface area contributed by atoms with Gasteiger partial charge in [-0.1, -0.05) is 33.2 Å². The lowest BCUT2D eigenvalue weighted by Gasteiger charge is -2.18. The molecule has 0 bridgehead atoms. The van der Waals surface area contributed by atoms with Gasteiger partial charge in [0.25, 0.3) is 5.89 Å². The smallest absolute Gasteiger partial charge is 0.258 e. The Balaban J connectivity index is 1.57. The maximum Gasteiger partial charge on any atom is 0.258 e. The van der Waals surface area contributed by atoms with Crippen molar-refractivity contribution in [2.24, 2.45) is 0 Å². The molecule has 32 heavy (non-hydrogen) atoms. The second-order valence-corrected chi connectivity index (χ2v) is 8.47. The summed E-state index contributed by atoms with van der Waals surface area (Å²) in [5.41, 5.74) is 4.38. The van der Waals surface area contributed by atoms with Gasteiger partial charge in [0.1, 0.15) is 11.8 Å². The molecular weight excluding hydrogens is 472 g/mol. The highest BCUT2D eigenvalue weighted by Crippen LogP contribution is 2.29.